The summed E-state index contributed by atoms with van der Waals surface area (Å²) in [6.45, 7) is 0. The van der Waals surface area contributed by atoms with Crippen LogP contribution in [-0.4, -0.2) is 0 Å². The van der Waals surface area contributed by atoms with Gasteiger partial charge in [0.1, 0.15) is 0 Å². The van der Waals surface area contributed by atoms with Crippen LogP contribution < -0.4 is 0 Å². The molecule has 0 atom stereocenters. The third-order valence-electron chi connectivity index (χ3n) is 0. The van der Waals surface area contributed by atoms with Crippen LogP contribution in [-0.2, 0) is 21.1 Å². The zero-order chi connectivity index (χ0) is 21.5. The van der Waals surface area contributed by atoms with E-state index >= 15 is 0 Å². The first kappa shape index (κ1) is 45.6. The van der Waals surface area contributed by atoms with E-state index in [1.165, 1.54) is 0 Å². The second kappa shape index (κ2) is 40.6. The molecular formula is F18MoP6. The van der Waals surface area contributed by atoms with Crippen LogP contribution in [0, 0.1) is 0 Å². The van der Waals surface area contributed by atoms with Crippen LogP contribution in [0.25, 0.3) is 0 Å². The normalized spacial score (nSPS) is 8.64. The first-order valence-electron chi connectivity index (χ1n) is 3.04. The molecule has 0 bridgehead atoms. The average Bonchev–Trinajstić information content (AvgIpc) is 2.08. The van der Waals surface area contributed by atoms with Gasteiger partial charge in [-0.05, 0) is 0 Å². The van der Waals surface area contributed by atoms with Gasteiger partial charge in [0.05, 0.1) is 0 Å². The zero-order valence-electron chi connectivity index (χ0n) is 9.89. The molecule has 0 unspecified atom stereocenters. The Kier molecular flexibility index (Phi) is 74.2. The molecule has 0 spiro atoms. The molecule has 0 aromatic rings. The first-order valence-corrected chi connectivity index (χ1v) is 9.13. The van der Waals surface area contributed by atoms with Crippen LogP contribution in [0.4, 0.5) is 75.5 Å². The minimum Gasteiger partial charge on any atom is -0.152 e. The topological polar surface area (TPSA) is 0 Å². The van der Waals surface area contributed by atoms with E-state index < -0.39 is 53.1 Å². The van der Waals surface area contributed by atoms with Crippen molar-refractivity contribution in [3.8, 4) is 0 Å². The summed E-state index contributed by atoms with van der Waals surface area (Å²) in [6.07, 6.45) is 0. The van der Waals surface area contributed by atoms with Gasteiger partial charge in [0.2, 0.25) is 0 Å². The molecule has 0 aliphatic heterocycles. The van der Waals surface area contributed by atoms with Gasteiger partial charge in [0.15, 0.2) is 0 Å². The number of rotatable bonds is 0. The van der Waals surface area contributed by atoms with E-state index in [1.54, 1.807) is 0 Å². The summed E-state index contributed by atoms with van der Waals surface area (Å²) in [5, 5.41) is 0. The van der Waals surface area contributed by atoms with Gasteiger partial charge < -0.3 is 0 Å². The number of hydrogen-bond donors (Lipinski definition) is 0. The fourth-order valence-corrected chi connectivity index (χ4v) is 0. The molecule has 0 fully saturated rings. The van der Waals surface area contributed by atoms with Crippen molar-refractivity contribution in [3.05, 3.63) is 0 Å². The predicted molar refractivity (Wildman–Crippen MR) is 61.5 cm³/mol. The van der Waals surface area contributed by atoms with Gasteiger partial charge in [-0.1, -0.05) is 0 Å². The van der Waals surface area contributed by atoms with Crippen LogP contribution in [0.3, 0.4) is 0 Å². The molecule has 25 heteroatoms. The van der Waals surface area contributed by atoms with Crippen LogP contribution >= 0.6 is 53.1 Å². The van der Waals surface area contributed by atoms with Gasteiger partial charge in [-0.3, -0.25) is 0 Å². The van der Waals surface area contributed by atoms with Crippen molar-refractivity contribution in [2.45, 2.75) is 0 Å². The molecule has 0 heterocycles. The minimum absolute atomic E-state index is 0. The third-order valence-corrected chi connectivity index (χ3v) is 0. The monoisotopic (exact) mass is 626 g/mol. The molecule has 0 rings (SSSR count). The molecule has 0 nitrogen and oxygen atoms in total. The second-order valence-electron chi connectivity index (χ2n) is 1.15. The SMILES string of the molecule is FP(F)F.FP(F)F.FP(F)F.FP(F)F.FP(F)F.FP(F)F.[Mo]. The van der Waals surface area contributed by atoms with E-state index in [4.69, 9.17) is 0 Å². The van der Waals surface area contributed by atoms with E-state index in [1.807, 2.05) is 0 Å². The molecule has 0 aliphatic carbocycles. The summed E-state index contributed by atoms with van der Waals surface area (Å²) in [7, 11) is -24.7. The van der Waals surface area contributed by atoms with Crippen molar-refractivity contribution in [2.24, 2.45) is 0 Å². The fourth-order valence-electron chi connectivity index (χ4n) is 0. The van der Waals surface area contributed by atoms with E-state index in [9.17, 15) is 75.5 Å². The molecule has 0 aromatic heterocycles. The van der Waals surface area contributed by atoms with Gasteiger partial charge in [-0.15, -0.1) is 0 Å². The van der Waals surface area contributed by atoms with Crippen molar-refractivity contribution >= 4 is 53.1 Å². The van der Waals surface area contributed by atoms with E-state index in [0.29, 0.717) is 0 Å². The average molecular weight is 624 g/mol. The molecule has 0 amide bonds. The van der Waals surface area contributed by atoms with Crippen LogP contribution in [0.1, 0.15) is 0 Å². The Morgan fingerprint density at radius 1 is 0.200 bits per heavy atom. The first-order chi connectivity index (χ1) is 10.4. The maximum atomic E-state index is 9.73. The largest absolute Gasteiger partial charge is 0.456 e. The van der Waals surface area contributed by atoms with E-state index in [2.05, 4.69) is 0 Å². The van der Waals surface area contributed by atoms with Crippen molar-refractivity contribution in [1.29, 1.82) is 0 Å². The molecule has 0 saturated heterocycles. The Labute approximate surface area is 150 Å². The van der Waals surface area contributed by atoms with Crippen molar-refractivity contribution in [2.75, 3.05) is 0 Å². The summed E-state index contributed by atoms with van der Waals surface area (Å²) in [5.41, 5.74) is 0. The summed E-state index contributed by atoms with van der Waals surface area (Å²) >= 11 is 0. The Morgan fingerprint density at radius 3 is 0.200 bits per heavy atom. The van der Waals surface area contributed by atoms with Crippen LogP contribution in [0.5, 0.6) is 0 Å². The van der Waals surface area contributed by atoms with E-state index in [0.717, 1.165) is 0 Å². The predicted octanol–water partition coefficient (Wildman–Crippen LogP) is 12.7. The summed E-state index contributed by atoms with van der Waals surface area (Å²) in [4.78, 5) is 0. The van der Waals surface area contributed by atoms with Crippen LogP contribution in [0.2, 0.25) is 0 Å². The van der Waals surface area contributed by atoms with Gasteiger partial charge in [-0.2, -0.15) is 75.5 Å². The van der Waals surface area contributed by atoms with E-state index in [-0.39, 0.29) is 21.1 Å². The maximum Gasteiger partial charge on any atom is 0.456 e. The third kappa shape index (κ3) is 3720. The molecule has 0 aromatic carbocycles. The van der Waals surface area contributed by atoms with Crippen LogP contribution in [0.15, 0.2) is 0 Å². The molecule has 25 heavy (non-hydrogen) atoms. The quantitative estimate of drug-likeness (QED) is 0.143. The standard InChI is InChI=1S/6F3P.Mo/c6*1-4(2)3;. The summed E-state index contributed by atoms with van der Waals surface area (Å²) < 4.78 is 175. The molecule has 162 valence electrons. The molecule has 0 aliphatic rings. The van der Waals surface area contributed by atoms with Crippen molar-refractivity contribution in [1.82, 2.24) is 0 Å². The maximum absolute atomic E-state index is 9.73. The summed E-state index contributed by atoms with van der Waals surface area (Å²) in [5.74, 6) is 0. The smallest absolute Gasteiger partial charge is 0.152 e. The zero-order valence-corrected chi connectivity index (χ0v) is 17.3. The number of halogens is 18. The second-order valence-corrected chi connectivity index (χ2v) is 3.45. The Bertz CT molecular complexity index is 101. The molecule has 0 radical (unpaired) electrons. The fraction of sp³-hybridized carbons (Fsp3) is 0. The summed E-state index contributed by atoms with van der Waals surface area (Å²) in [6, 6.07) is 0. The van der Waals surface area contributed by atoms with Gasteiger partial charge in [-0.25, -0.2) is 0 Å². The van der Waals surface area contributed by atoms with Crippen molar-refractivity contribution in [3.63, 3.8) is 0 Å². The molecule has 0 N–H and O–H groups in total. The Morgan fingerprint density at radius 2 is 0.200 bits per heavy atom. The Balaban J connectivity index is -0.0000000309. The van der Waals surface area contributed by atoms with Gasteiger partial charge in [0, 0.05) is 21.1 Å². The van der Waals surface area contributed by atoms with Gasteiger partial charge >= 0.3 is 53.1 Å². The Hall–Kier alpha value is 2.01. The molecular weight excluding hydrogens is 624 g/mol. The minimum atomic E-state index is -4.12. The van der Waals surface area contributed by atoms with Gasteiger partial charge in [0.25, 0.3) is 0 Å². The molecule has 0 saturated carbocycles. The number of hydrogen-bond acceptors (Lipinski definition) is 0. The van der Waals surface area contributed by atoms with Crippen molar-refractivity contribution < 1.29 is 96.6 Å².